The summed E-state index contributed by atoms with van der Waals surface area (Å²) >= 11 is 5.62. The number of nitro groups is 1. The van der Waals surface area contributed by atoms with Gasteiger partial charge >= 0.3 is 17.6 Å². The van der Waals surface area contributed by atoms with E-state index in [1.54, 1.807) is 0 Å². The maximum absolute atomic E-state index is 11.9. The molecule has 1 aromatic carbocycles. The summed E-state index contributed by atoms with van der Waals surface area (Å²) in [5.74, 6) is -4.11. The second-order valence-corrected chi connectivity index (χ2v) is 4.26. The monoisotopic (exact) mass is 316 g/mol. The van der Waals surface area contributed by atoms with Crippen molar-refractivity contribution >= 4 is 35.1 Å². The van der Waals surface area contributed by atoms with Crippen molar-refractivity contribution in [3.05, 3.63) is 38.9 Å². The zero-order valence-corrected chi connectivity index (χ0v) is 11.0. The van der Waals surface area contributed by atoms with E-state index in [1.807, 2.05) is 5.32 Å². The second kappa shape index (κ2) is 6.66. The van der Waals surface area contributed by atoms with Gasteiger partial charge < -0.3 is 15.5 Å². The normalized spacial score (nSPS) is 11.5. The lowest BCUT2D eigenvalue weighted by atomic mass is 10.1. The molecule has 0 aliphatic heterocycles. The molecule has 10 heteroatoms. The quantitative estimate of drug-likeness (QED) is 0.521. The molecule has 0 saturated heterocycles. The van der Waals surface area contributed by atoms with Crippen LogP contribution in [-0.4, -0.2) is 39.0 Å². The molecule has 0 heterocycles. The van der Waals surface area contributed by atoms with Gasteiger partial charge in [0.25, 0.3) is 5.91 Å². The van der Waals surface area contributed by atoms with Gasteiger partial charge in [-0.2, -0.15) is 0 Å². The summed E-state index contributed by atoms with van der Waals surface area (Å²) in [6, 6.07) is 1.84. The van der Waals surface area contributed by atoms with E-state index in [0.29, 0.717) is 0 Å². The number of benzene rings is 1. The fourth-order valence-corrected chi connectivity index (χ4v) is 1.74. The number of nitrogens with one attached hydrogen (secondary N) is 1. The van der Waals surface area contributed by atoms with Crippen molar-refractivity contribution in [1.29, 1.82) is 0 Å². The van der Waals surface area contributed by atoms with Crippen LogP contribution in [0.1, 0.15) is 16.8 Å². The summed E-state index contributed by atoms with van der Waals surface area (Å²) in [7, 11) is 0. The summed E-state index contributed by atoms with van der Waals surface area (Å²) in [5.41, 5.74) is -1.14. The van der Waals surface area contributed by atoms with Gasteiger partial charge in [-0.1, -0.05) is 17.7 Å². The summed E-state index contributed by atoms with van der Waals surface area (Å²) in [5, 5.41) is 29.9. The third-order valence-corrected chi connectivity index (χ3v) is 2.70. The Kier molecular flexibility index (Phi) is 5.19. The van der Waals surface area contributed by atoms with Crippen LogP contribution >= 0.6 is 11.6 Å². The second-order valence-electron chi connectivity index (χ2n) is 3.86. The van der Waals surface area contributed by atoms with Crippen LogP contribution in [0.3, 0.4) is 0 Å². The summed E-state index contributed by atoms with van der Waals surface area (Å²) in [6.07, 6.45) is -0.866. The molecule has 0 bridgehead atoms. The van der Waals surface area contributed by atoms with Crippen LogP contribution < -0.4 is 5.32 Å². The average Bonchev–Trinajstić information content (AvgIpc) is 2.36. The van der Waals surface area contributed by atoms with Crippen molar-refractivity contribution < 1.29 is 29.5 Å². The number of carboxylic acid groups (broad SMARTS) is 2. The number of nitrogens with zero attached hydrogens (tertiary/aromatic N) is 1. The van der Waals surface area contributed by atoms with Crippen LogP contribution in [0.15, 0.2) is 18.2 Å². The van der Waals surface area contributed by atoms with E-state index in [0.717, 1.165) is 6.07 Å². The molecule has 1 aromatic rings. The Labute approximate surface area is 122 Å². The zero-order chi connectivity index (χ0) is 16.2. The molecule has 0 radical (unpaired) electrons. The Morgan fingerprint density at radius 3 is 2.43 bits per heavy atom. The van der Waals surface area contributed by atoms with Crippen molar-refractivity contribution in [3.8, 4) is 0 Å². The Morgan fingerprint density at radius 1 is 1.33 bits per heavy atom. The first-order valence-corrected chi connectivity index (χ1v) is 5.80. The standard InChI is InChI=1S/C11H9ClN2O7/c12-6-3-1-2-5(9(6)14(20)21)10(17)13-7(11(18)19)4-8(15)16/h1-3,7H,4H2,(H,13,17)(H,15,16)(H,18,19)/t7-/m0/s1. The number of hydrogen-bond donors (Lipinski definition) is 3. The number of para-hydroxylation sites is 1. The molecule has 9 nitrogen and oxygen atoms in total. The van der Waals surface area contributed by atoms with Crippen molar-refractivity contribution in [2.45, 2.75) is 12.5 Å². The van der Waals surface area contributed by atoms with E-state index >= 15 is 0 Å². The number of carboxylic acids is 2. The molecule has 0 aromatic heterocycles. The van der Waals surface area contributed by atoms with E-state index in [9.17, 15) is 24.5 Å². The highest BCUT2D eigenvalue weighted by atomic mass is 35.5. The maximum Gasteiger partial charge on any atom is 0.326 e. The molecule has 0 aliphatic carbocycles. The number of rotatable bonds is 6. The molecule has 1 rings (SSSR count). The highest BCUT2D eigenvalue weighted by Gasteiger charge is 2.28. The van der Waals surface area contributed by atoms with Crippen molar-refractivity contribution in [3.63, 3.8) is 0 Å². The number of halogens is 1. The Morgan fingerprint density at radius 2 is 1.95 bits per heavy atom. The Balaban J connectivity index is 3.09. The van der Waals surface area contributed by atoms with E-state index < -0.39 is 46.5 Å². The molecule has 112 valence electrons. The lowest BCUT2D eigenvalue weighted by Gasteiger charge is -2.12. The van der Waals surface area contributed by atoms with Gasteiger partial charge in [0.15, 0.2) is 0 Å². The molecule has 1 amide bonds. The SMILES string of the molecule is O=C(O)C[C@H](NC(=O)c1cccc(Cl)c1[N+](=O)[O-])C(=O)O. The minimum absolute atomic E-state index is 0.294. The third-order valence-electron chi connectivity index (χ3n) is 2.40. The highest BCUT2D eigenvalue weighted by molar-refractivity contribution is 6.33. The molecule has 3 N–H and O–H groups in total. The predicted octanol–water partition coefficient (Wildman–Crippen LogP) is 0.906. The molecular weight excluding hydrogens is 308 g/mol. The number of carbonyl (C=O) groups is 3. The van der Waals surface area contributed by atoms with E-state index in [4.69, 9.17) is 21.8 Å². The largest absolute Gasteiger partial charge is 0.481 e. The lowest BCUT2D eigenvalue weighted by Crippen LogP contribution is -2.42. The number of carbonyl (C=O) groups excluding carboxylic acids is 1. The summed E-state index contributed by atoms with van der Waals surface area (Å²) in [6.45, 7) is 0. The summed E-state index contributed by atoms with van der Waals surface area (Å²) < 4.78 is 0. The van der Waals surface area contributed by atoms with Gasteiger partial charge in [-0.3, -0.25) is 19.7 Å². The van der Waals surface area contributed by atoms with E-state index in [2.05, 4.69) is 0 Å². The molecule has 0 fully saturated rings. The van der Waals surface area contributed by atoms with Crippen LogP contribution in [0.5, 0.6) is 0 Å². The molecule has 0 spiro atoms. The van der Waals surface area contributed by atoms with E-state index in [-0.39, 0.29) is 5.02 Å². The predicted molar refractivity (Wildman–Crippen MR) is 69.2 cm³/mol. The topological polar surface area (TPSA) is 147 Å². The minimum atomic E-state index is -1.71. The number of aliphatic carboxylic acids is 2. The third kappa shape index (κ3) is 4.14. The molecular formula is C11H9ClN2O7. The first-order chi connectivity index (χ1) is 9.73. The minimum Gasteiger partial charge on any atom is -0.481 e. The zero-order valence-electron chi connectivity index (χ0n) is 10.3. The van der Waals surface area contributed by atoms with Crippen LogP contribution in [-0.2, 0) is 9.59 Å². The Hall–Kier alpha value is -2.68. The van der Waals surface area contributed by atoms with Gasteiger partial charge in [-0.05, 0) is 12.1 Å². The van der Waals surface area contributed by atoms with Gasteiger partial charge in [0, 0.05) is 0 Å². The van der Waals surface area contributed by atoms with Crippen LogP contribution in [0.2, 0.25) is 5.02 Å². The van der Waals surface area contributed by atoms with Gasteiger partial charge in [0.2, 0.25) is 0 Å². The smallest absolute Gasteiger partial charge is 0.326 e. The first-order valence-electron chi connectivity index (χ1n) is 5.42. The van der Waals surface area contributed by atoms with Crippen molar-refractivity contribution in [2.75, 3.05) is 0 Å². The van der Waals surface area contributed by atoms with Gasteiger partial charge in [-0.15, -0.1) is 0 Å². The highest BCUT2D eigenvalue weighted by Crippen LogP contribution is 2.28. The molecule has 1 atom stereocenters. The maximum atomic E-state index is 11.9. The van der Waals surface area contributed by atoms with E-state index in [1.165, 1.54) is 12.1 Å². The molecule has 0 unspecified atom stereocenters. The van der Waals surface area contributed by atoms with Crippen LogP contribution in [0.25, 0.3) is 0 Å². The first kappa shape index (κ1) is 16.4. The van der Waals surface area contributed by atoms with Crippen molar-refractivity contribution in [2.24, 2.45) is 0 Å². The van der Waals surface area contributed by atoms with Gasteiger partial charge in [0.05, 0.1) is 11.3 Å². The summed E-state index contributed by atoms with van der Waals surface area (Å²) in [4.78, 5) is 43.2. The lowest BCUT2D eigenvalue weighted by molar-refractivity contribution is -0.385. The average molecular weight is 317 g/mol. The van der Waals surface area contributed by atoms with Crippen molar-refractivity contribution in [1.82, 2.24) is 5.32 Å². The fourth-order valence-electron chi connectivity index (χ4n) is 1.49. The van der Waals surface area contributed by atoms with Gasteiger partial charge in [-0.25, -0.2) is 4.79 Å². The number of hydrogen-bond acceptors (Lipinski definition) is 5. The molecule has 0 aliphatic rings. The van der Waals surface area contributed by atoms with Gasteiger partial charge in [0.1, 0.15) is 16.6 Å². The van der Waals surface area contributed by atoms with Crippen LogP contribution in [0.4, 0.5) is 5.69 Å². The molecule has 21 heavy (non-hydrogen) atoms. The Bertz CT molecular complexity index is 617. The fraction of sp³-hybridized carbons (Fsp3) is 0.182. The van der Waals surface area contributed by atoms with Crippen LogP contribution in [0, 0.1) is 10.1 Å². The number of amides is 1. The number of nitro benzene ring substituents is 1. The molecule has 0 saturated carbocycles.